The smallest absolute Gasteiger partial charge is 0.323 e. The van der Waals surface area contributed by atoms with Gasteiger partial charge in [-0.3, -0.25) is 4.72 Å². The van der Waals surface area contributed by atoms with Gasteiger partial charge in [0.15, 0.2) is 0 Å². The van der Waals surface area contributed by atoms with Crippen LogP contribution in [-0.2, 0) is 22.7 Å². The van der Waals surface area contributed by atoms with Crippen molar-refractivity contribution in [3.63, 3.8) is 0 Å². The maximum absolute atomic E-state index is 13.9. The second kappa shape index (κ2) is 6.41. The van der Waals surface area contributed by atoms with Crippen LogP contribution >= 0.6 is 0 Å². The van der Waals surface area contributed by atoms with Gasteiger partial charge in [0, 0.05) is 25.0 Å². The first-order valence-electron chi connectivity index (χ1n) is 7.52. The highest BCUT2D eigenvalue weighted by molar-refractivity contribution is 7.92. The Morgan fingerprint density at radius 2 is 1.85 bits per heavy atom. The van der Waals surface area contributed by atoms with Gasteiger partial charge in [0.05, 0.1) is 5.56 Å². The summed E-state index contributed by atoms with van der Waals surface area (Å²) >= 11 is 0. The van der Waals surface area contributed by atoms with Crippen molar-refractivity contribution in [2.24, 2.45) is 0 Å². The van der Waals surface area contributed by atoms with E-state index in [2.05, 4.69) is 10.0 Å². The molecule has 6 nitrogen and oxygen atoms in total. The number of nitrogens with one attached hydrogen (secondary N) is 2. The summed E-state index contributed by atoms with van der Waals surface area (Å²) in [6, 6.07) is 4.99. The van der Waals surface area contributed by atoms with Crippen LogP contribution in [0, 0.1) is 5.82 Å². The van der Waals surface area contributed by atoms with Crippen molar-refractivity contribution < 1.29 is 30.8 Å². The van der Waals surface area contributed by atoms with E-state index in [9.17, 15) is 30.8 Å². The van der Waals surface area contributed by atoms with Gasteiger partial charge >= 0.3 is 12.2 Å². The first kappa shape index (κ1) is 19.0. The number of carbonyl (C=O) groups excluding carboxylic acids is 1. The summed E-state index contributed by atoms with van der Waals surface area (Å²) in [7, 11) is -3.07. The second-order valence-electron chi connectivity index (χ2n) is 5.91. The number of rotatable bonds is 3. The van der Waals surface area contributed by atoms with Gasteiger partial charge in [0.2, 0.25) is 0 Å². The van der Waals surface area contributed by atoms with Gasteiger partial charge in [-0.25, -0.2) is 17.6 Å². The van der Waals surface area contributed by atoms with Crippen molar-refractivity contribution >= 4 is 27.4 Å². The van der Waals surface area contributed by atoms with Gasteiger partial charge in [-0.05, 0) is 42.0 Å². The Balaban J connectivity index is 1.94. The predicted molar refractivity (Wildman–Crippen MR) is 89.1 cm³/mol. The normalized spacial score (nSPS) is 14.6. The Labute approximate surface area is 151 Å². The zero-order valence-corrected chi connectivity index (χ0v) is 14.6. The van der Waals surface area contributed by atoms with Crippen LogP contribution in [0.2, 0.25) is 0 Å². The summed E-state index contributed by atoms with van der Waals surface area (Å²) < 4.78 is 79.1. The lowest BCUT2D eigenvalue weighted by molar-refractivity contribution is -0.137. The summed E-state index contributed by atoms with van der Waals surface area (Å²) in [6.07, 6.45) is -4.81. The van der Waals surface area contributed by atoms with E-state index in [4.69, 9.17) is 0 Å². The van der Waals surface area contributed by atoms with E-state index in [1.807, 2.05) is 0 Å². The Morgan fingerprint density at radius 1 is 1.15 bits per heavy atom. The fourth-order valence-corrected chi connectivity index (χ4v) is 3.70. The highest BCUT2D eigenvalue weighted by Crippen LogP contribution is 2.32. The maximum Gasteiger partial charge on any atom is 0.416 e. The van der Waals surface area contributed by atoms with E-state index in [1.165, 1.54) is 30.1 Å². The van der Waals surface area contributed by atoms with Crippen LogP contribution in [0.5, 0.6) is 0 Å². The molecule has 2 aromatic carbocycles. The summed E-state index contributed by atoms with van der Waals surface area (Å²) in [4.78, 5) is 11.8. The van der Waals surface area contributed by atoms with Crippen LogP contribution < -0.4 is 10.0 Å². The molecule has 2 amide bonds. The number of benzene rings is 2. The molecule has 0 saturated heterocycles. The number of alkyl halides is 3. The quantitative estimate of drug-likeness (QED) is 0.769. The Kier molecular flexibility index (Phi) is 4.50. The molecule has 0 bridgehead atoms. The molecule has 0 fully saturated rings. The maximum atomic E-state index is 13.9. The molecule has 0 unspecified atom stereocenters. The summed E-state index contributed by atoms with van der Waals surface area (Å²) in [5.41, 5.74) is -0.192. The fraction of sp³-hybridized carbons (Fsp3) is 0.188. The highest BCUT2D eigenvalue weighted by atomic mass is 32.2. The third-order valence-electron chi connectivity index (χ3n) is 3.90. The molecule has 144 valence electrons. The number of amides is 2. The average Bonchev–Trinajstić information content (AvgIpc) is 2.55. The predicted octanol–water partition coefficient (Wildman–Crippen LogP) is 3.62. The van der Waals surface area contributed by atoms with Gasteiger partial charge in [0.25, 0.3) is 10.0 Å². The molecule has 0 radical (unpaired) electrons. The molecule has 27 heavy (non-hydrogen) atoms. The van der Waals surface area contributed by atoms with E-state index < -0.39 is 32.5 Å². The number of hydrogen-bond donors (Lipinski definition) is 2. The number of hydrogen-bond acceptors (Lipinski definition) is 3. The average molecular weight is 403 g/mol. The number of sulfonamides is 1. The standard InChI is InChI=1S/C16H13F4N3O3S/c1-23-8-9-6-11(3-5-13(9)21-15(23)24)22-27(25,26)14-7-10(16(18,19)20)2-4-12(14)17/h2-7,22H,8H2,1H3,(H,21,24). The third kappa shape index (κ3) is 3.82. The number of carbonyl (C=O) groups is 1. The third-order valence-corrected chi connectivity index (χ3v) is 5.30. The van der Waals surface area contributed by atoms with E-state index in [-0.39, 0.29) is 24.3 Å². The molecular formula is C16H13F4N3O3S. The van der Waals surface area contributed by atoms with Crippen LogP contribution in [0.4, 0.5) is 33.7 Å². The molecule has 1 aliphatic rings. The van der Waals surface area contributed by atoms with E-state index in [1.54, 1.807) is 0 Å². The first-order valence-corrected chi connectivity index (χ1v) is 9.00. The van der Waals surface area contributed by atoms with Gasteiger partial charge in [-0.15, -0.1) is 0 Å². The number of nitrogens with zero attached hydrogens (tertiary/aromatic N) is 1. The lowest BCUT2D eigenvalue weighted by Gasteiger charge is -2.26. The van der Waals surface area contributed by atoms with Crippen LogP contribution in [0.1, 0.15) is 11.1 Å². The summed E-state index contributed by atoms with van der Waals surface area (Å²) in [5, 5.41) is 2.59. The number of anilines is 2. The van der Waals surface area contributed by atoms with Crippen molar-refractivity contribution in [3.8, 4) is 0 Å². The number of urea groups is 1. The number of fused-ring (bicyclic) bond motifs is 1. The molecule has 2 aromatic rings. The zero-order chi connectivity index (χ0) is 20.0. The van der Waals surface area contributed by atoms with Gasteiger partial charge in [-0.1, -0.05) is 0 Å². The van der Waals surface area contributed by atoms with E-state index >= 15 is 0 Å². The highest BCUT2D eigenvalue weighted by Gasteiger charge is 2.33. The molecule has 2 N–H and O–H groups in total. The van der Waals surface area contributed by atoms with E-state index in [0.717, 1.165) is 0 Å². The molecule has 1 aliphatic heterocycles. The van der Waals surface area contributed by atoms with Crippen molar-refractivity contribution in [2.75, 3.05) is 17.1 Å². The fourth-order valence-electron chi connectivity index (χ4n) is 2.54. The molecule has 0 atom stereocenters. The van der Waals surface area contributed by atoms with Crippen molar-refractivity contribution in [2.45, 2.75) is 17.6 Å². The van der Waals surface area contributed by atoms with Gasteiger partial charge in [0.1, 0.15) is 10.7 Å². The molecule has 11 heteroatoms. The summed E-state index contributed by atoms with van der Waals surface area (Å²) in [6.45, 7) is 0.203. The van der Waals surface area contributed by atoms with Gasteiger partial charge < -0.3 is 10.2 Å². The molecular weight excluding hydrogens is 390 g/mol. The molecule has 0 saturated carbocycles. The van der Waals surface area contributed by atoms with Crippen LogP contribution in [0.3, 0.4) is 0 Å². The van der Waals surface area contributed by atoms with Crippen molar-refractivity contribution in [3.05, 3.63) is 53.3 Å². The van der Waals surface area contributed by atoms with Crippen LogP contribution in [0.25, 0.3) is 0 Å². The van der Waals surface area contributed by atoms with E-state index in [0.29, 0.717) is 23.4 Å². The minimum absolute atomic E-state index is 0.0233. The topological polar surface area (TPSA) is 78.5 Å². The van der Waals surface area contributed by atoms with Gasteiger partial charge in [-0.2, -0.15) is 13.2 Å². The molecule has 1 heterocycles. The minimum Gasteiger partial charge on any atom is -0.323 e. The Bertz CT molecular complexity index is 1020. The molecule has 0 aliphatic carbocycles. The SMILES string of the molecule is CN1Cc2cc(NS(=O)(=O)c3cc(C(F)(F)F)ccc3F)ccc2NC1=O. The number of halogens is 4. The monoisotopic (exact) mass is 403 g/mol. The minimum atomic E-state index is -4.81. The second-order valence-corrected chi connectivity index (χ2v) is 7.56. The Morgan fingerprint density at radius 3 is 2.52 bits per heavy atom. The zero-order valence-electron chi connectivity index (χ0n) is 13.8. The van der Waals surface area contributed by atoms with Crippen LogP contribution in [-0.4, -0.2) is 26.4 Å². The lowest BCUT2D eigenvalue weighted by Crippen LogP contribution is -2.35. The largest absolute Gasteiger partial charge is 0.416 e. The van der Waals surface area contributed by atoms with Crippen molar-refractivity contribution in [1.29, 1.82) is 0 Å². The Hall–Kier alpha value is -2.82. The lowest BCUT2D eigenvalue weighted by atomic mass is 10.1. The summed E-state index contributed by atoms with van der Waals surface area (Å²) in [5.74, 6) is -1.31. The molecule has 0 spiro atoms. The van der Waals surface area contributed by atoms with Crippen LogP contribution in [0.15, 0.2) is 41.3 Å². The molecule has 0 aromatic heterocycles. The first-order chi connectivity index (χ1) is 12.5. The molecule has 3 rings (SSSR count). The van der Waals surface area contributed by atoms with Crippen molar-refractivity contribution in [1.82, 2.24) is 4.90 Å².